The first-order chi connectivity index (χ1) is 10.5. The van der Waals surface area contributed by atoms with Crippen molar-refractivity contribution in [2.24, 2.45) is 0 Å². The number of benzene rings is 1. The van der Waals surface area contributed by atoms with E-state index in [4.69, 9.17) is 4.74 Å². The third-order valence-electron chi connectivity index (χ3n) is 2.92. The number of esters is 1. The number of unbranched alkanes of at least 4 members (excludes halogenated alkanes) is 1. The summed E-state index contributed by atoms with van der Waals surface area (Å²) < 4.78 is 5.08. The minimum absolute atomic E-state index is 0.106. The molecular weight excluding hydrogens is 286 g/mol. The molecule has 6 nitrogen and oxygen atoms in total. The van der Waals surface area contributed by atoms with Gasteiger partial charge in [0.25, 0.3) is 0 Å². The molecule has 0 atom stereocenters. The molecule has 0 aliphatic carbocycles. The van der Waals surface area contributed by atoms with Crippen LogP contribution in [0.5, 0.6) is 0 Å². The van der Waals surface area contributed by atoms with Crippen LogP contribution in [-0.4, -0.2) is 24.5 Å². The maximum atomic E-state index is 11.7. The third kappa shape index (κ3) is 6.88. The summed E-state index contributed by atoms with van der Waals surface area (Å²) in [6.45, 7) is 2.41. The highest BCUT2D eigenvalue weighted by molar-refractivity contribution is 5.93. The molecule has 0 aliphatic heterocycles. The van der Waals surface area contributed by atoms with Crippen molar-refractivity contribution in [2.45, 2.75) is 39.0 Å². The summed E-state index contributed by atoms with van der Waals surface area (Å²) in [4.78, 5) is 33.5. The fourth-order valence-electron chi connectivity index (χ4n) is 1.70. The monoisotopic (exact) mass is 306 g/mol. The van der Waals surface area contributed by atoms with Crippen molar-refractivity contribution in [3.8, 4) is 0 Å². The highest BCUT2D eigenvalue weighted by atomic mass is 16.5. The zero-order valence-corrected chi connectivity index (χ0v) is 12.6. The number of nitrogens with one attached hydrogen (secondary N) is 1. The SMILES string of the molecule is CCCCOC(=O)c1ccc(NC(=O)CCCC(=O)[O-])cc1. The fourth-order valence-corrected chi connectivity index (χ4v) is 1.70. The van der Waals surface area contributed by atoms with Gasteiger partial charge in [-0.05, 0) is 43.5 Å². The standard InChI is InChI=1S/C16H21NO5/c1-2-3-11-22-16(21)12-7-9-13(10-8-12)17-14(18)5-4-6-15(19)20/h7-10H,2-6,11H2,1H3,(H,17,18)(H,19,20)/p-1. The summed E-state index contributed by atoms with van der Waals surface area (Å²) in [5, 5.41) is 12.9. The van der Waals surface area contributed by atoms with Crippen LogP contribution < -0.4 is 10.4 Å². The number of hydrogen-bond donors (Lipinski definition) is 1. The van der Waals surface area contributed by atoms with Crippen molar-refractivity contribution in [1.29, 1.82) is 0 Å². The van der Waals surface area contributed by atoms with Gasteiger partial charge in [-0.15, -0.1) is 0 Å². The Balaban J connectivity index is 2.42. The number of carboxylic acids is 1. The summed E-state index contributed by atoms with van der Waals surface area (Å²) in [6.07, 6.45) is 1.97. The van der Waals surface area contributed by atoms with Crippen LogP contribution in [0.15, 0.2) is 24.3 Å². The largest absolute Gasteiger partial charge is 0.550 e. The van der Waals surface area contributed by atoms with Gasteiger partial charge in [-0.1, -0.05) is 13.3 Å². The molecule has 0 unspecified atom stereocenters. The van der Waals surface area contributed by atoms with Crippen LogP contribution in [-0.2, 0) is 14.3 Å². The van der Waals surface area contributed by atoms with Crippen molar-refractivity contribution in [3.63, 3.8) is 0 Å². The van der Waals surface area contributed by atoms with E-state index in [0.29, 0.717) is 17.9 Å². The third-order valence-corrected chi connectivity index (χ3v) is 2.92. The summed E-state index contributed by atoms with van der Waals surface area (Å²) in [5.74, 6) is -1.83. The summed E-state index contributed by atoms with van der Waals surface area (Å²) in [5.41, 5.74) is 0.967. The summed E-state index contributed by atoms with van der Waals surface area (Å²) in [6, 6.07) is 6.36. The number of anilines is 1. The molecule has 0 radical (unpaired) electrons. The molecule has 0 bridgehead atoms. The van der Waals surface area contributed by atoms with Crippen molar-refractivity contribution in [3.05, 3.63) is 29.8 Å². The first kappa shape index (κ1) is 17.7. The molecule has 0 aromatic heterocycles. The number of amides is 1. The Morgan fingerprint density at radius 1 is 1.09 bits per heavy atom. The van der Waals surface area contributed by atoms with Gasteiger partial charge in [0.15, 0.2) is 0 Å². The molecule has 22 heavy (non-hydrogen) atoms. The number of carbonyl (C=O) groups is 3. The Hall–Kier alpha value is -2.37. The second-order valence-corrected chi connectivity index (χ2v) is 4.84. The highest BCUT2D eigenvalue weighted by Crippen LogP contribution is 2.11. The van der Waals surface area contributed by atoms with Gasteiger partial charge in [-0.3, -0.25) is 4.79 Å². The van der Waals surface area contributed by atoms with E-state index in [2.05, 4.69) is 5.32 Å². The predicted molar refractivity (Wildman–Crippen MR) is 79.1 cm³/mol. The van der Waals surface area contributed by atoms with Gasteiger partial charge in [0, 0.05) is 18.1 Å². The molecule has 1 aromatic rings. The van der Waals surface area contributed by atoms with Crippen molar-refractivity contribution in [2.75, 3.05) is 11.9 Å². The quantitative estimate of drug-likeness (QED) is 0.551. The van der Waals surface area contributed by atoms with Gasteiger partial charge in [0.1, 0.15) is 0 Å². The molecule has 0 fully saturated rings. The Morgan fingerprint density at radius 2 is 1.77 bits per heavy atom. The average Bonchev–Trinajstić information content (AvgIpc) is 2.47. The first-order valence-corrected chi connectivity index (χ1v) is 7.29. The Morgan fingerprint density at radius 3 is 2.36 bits per heavy atom. The lowest BCUT2D eigenvalue weighted by molar-refractivity contribution is -0.305. The smallest absolute Gasteiger partial charge is 0.338 e. The van der Waals surface area contributed by atoms with E-state index in [1.807, 2.05) is 6.92 Å². The van der Waals surface area contributed by atoms with Gasteiger partial charge >= 0.3 is 5.97 Å². The lowest BCUT2D eigenvalue weighted by Gasteiger charge is -2.07. The van der Waals surface area contributed by atoms with E-state index in [9.17, 15) is 19.5 Å². The van der Waals surface area contributed by atoms with Gasteiger partial charge in [0.05, 0.1) is 12.2 Å². The fraction of sp³-hybridized carbons (Fsp3) is 0.438. The van der Waals surface area contributed by atoms with E-state index in [1.54, 1.807) is 24.3 Å². The van der Waals surface area contributed by atoms with Crippen LogP contribution in [0.2, 0.25) is 0 Å². The van der Waals surface area contributed by atoms with Crippen LogP contribution in [0.25, 0.3) is 0 Å². The van der Waals surface area contributed by atoms with Crippen LogP contribution in [0.3, 0.4) is 0 Å². The second-order valence-electron chi connectivity index (χ2n) is 4.84. The normalized spacial score (nSPS) is 10.0. The molecule has 0 heterocycles. The molecular formula is C16H20NO5-. The van der Waals surface area contributed by atoms with E-state index in [1.165, 1.54) is 0 Å². The number of carboxylic acid groups (broad SMARTS) is 1. The van der Waals surface area contributed by atoms with Gasteiger partial charge < -0.3 is 20.0 Å². The maximum Gasteiger partial charge on any atom is 0.338 e. The molecule has 1 N–H and O–H groups in total. The van der Waals surface area contributed by atoms with Crippen molar-refractivity contribution < 1.29 is 24.2 Å². The number of aliphatic carboxylic acids is 1. The average molecular weight is 306 g/mol. The minimum Gasteiger partial charge on any atom is -0.550 e. The van der Waals surface area contributed by atoms with Gasteiger partial charge in [-0.2, -0.15) is 0 Å². The lowest BCUT2D eigenvalue weighted by atomic mass is 10.2. The molecule has 1 aromatic carbocycles. The lowest BCUT2D eigenvalue weighted by Crippen LogP contribution is -2.22. The number of hydrogen-bond acceptors (Lipinski definition) is 5. The van der Waals surface area contributed by atoms with E-state index < -0.39 is 5.97 Å². The van der Waals surface area contributed by atoms with Crippen molar-refractivity contribution in [1.82, 2.24) is 0 Å². The molecule has 0 saturated heterocycles. The number of ether oxygens (including phenoxy) is 1. The van der Waals surface area contributed by atoms with E-state index in [-0.39, 0.29) is 31.1 Å². The van der Waals surface area contributed by atoms with Crippen LogP contribution in [0.4, 0.5) is 5.69 Å². The predicted octanol–water partition coefficient (Wildman–Crippen LogP) is 1.50. The number of carbonyl (C=O) groups excluding carboxylic acids is 3. The first-order valence-electron chi connectivity index (χ1n) is 7.29. The Kier molecular flexibility index (Phi) is 7.67. The molecule has 0 saturated carbocycles. The zero-order valence-electron chi connectivity index (χ0n) is 12.6. The maximum absolute atomic E-state index is 11.7. The second kappa shape index (κ2) is 9.55. The summed E-state index contributed by atoms with van der Waals surface area (Å²) in [7, 11) is 0. The van der Waals surface area contributed by atoms with Gasteiger partial charge in [-0.25, -0.2) is 4.79 Å². The number of rotatable bonds is 9. The molecule has 0 aliphatic rings. The van der Waals surface area contributed by atoms with Crippen molar-refractivity contribution >= 4 is 23.5 Å². The van der Waals surface area contributed by atoms with Crippen LogP contribution >= 0.6 is 0 Å². The highest BCUT2D eigenvalue weighted by Gasteiger charge is 2.07. The van der Waals surface area contributed by atoms with Gasteiger partial charge in [0.2, 0.25) is 5.91 Å². The molecule has 6 heteroatoms. The topological polar surface area (TPSA) is 95.5 Å². The van der Waals surface area contributed by atoms with Crippen LogP contribution in [0.1, 0.15) is 49.4 Å². The minimum atomic E-state index is -1.17. The van der Waals surface area contributed by atoms with E-state index >= 15 is 0 Å². The molecule has 1 amide bonds. The van der Waals surface area contributed by atoms with E-state index in [0.717, 1.165) is 12.8 Å². The molecule has 120 valence electrons. The Bertz CT molecular complexity index is 510. The molecule has 0 spiro atoms. The van der Waals surface area contributed by atoms with Crippen LogP contribution in [0, 0.1) is 0 Å². The molecule has 1 rings (SSSR count). The Labute approximate surface area is 129 Å². The zero-order chi connectivity index (χ0) is 16.4. The summed E-state index contributed by atoms with van der Waals surface area (Å²) >= 11 is 0.